The molecule has 0 aliphatic carbocycles. The molecule has 9 nitrogen and oxygen atoms in total. The summed E-state index contributed by atoms with van der Waals surface area (Å²) >= 11 is 0. The van der Waals surface area contributed by atoms with Crippen molar-refractivity contribution in [3.63, 3.8) is 0 Å². The number of morpholine rings is 1. The number of anilines is 2. The van der Waals surface area contributed by atoms with E-state index in [0.717, 1.165) is 12.1 Å². The van der Waals surface area contributed by atoms with Gasteiger partial charge in [-0.15, -0.1) is 0 Å². The number of carbonyl (C=O) groups excluding carboxylic acids is 1. The van der Waals surface area contributed by atoms with E-state index in [2.05, 4.69) is 30.9 Å². The quantitative estimate of drug-likeness (QED) is 0.419. The second kappa shape index (κ2) is 11.4. The van der Waals surface area contributed by atoms with Crippen molar-refractivity contribution < 1.29 is 19.2 Å². The van der Waals surface area contributed by atoms with Crippen LogP contribution in [0.2, 0.25) is 0 Å². The molecule has 0 N–H and O–H groups in total. The number of nitro groups is 1. The van der Waals surface area contributed by atoms with E-state index in [4.69, 9.17) is 9.47 Å². The Hall–Kier alpha value is -3.33. The first kappa shape index (κ1) is 24.8. The zero-order valence-corrected chi connectivity index (χ0v) is 20.5. The van der Waals surface area contributed by atoms with Crippen molar-refractivity contribution >= 4 is 23.0 Å². The topological polar surface area (TPSA) is 88.4 Å². The first-order valence-corrected chi connectivity index (χ1v) is 12.3. The fourth-order valence-corrected chi connectivity index (χ4v) is 4.50. The van der Waals surface area contributed by atoms with Crippen LogP contribution in [0.15, 0.2) is 42.5 Å². The van der Waals surface area contributed by atoms with E-state index in [9.17, 15) is 14.9 Å². The van der Waals surface area contributed by atoms with Crippen LogP contribution in [0.3, 0.4) is 0 Å². The van der Waals surface area contributed by atoms with Gasteiger partial charge in [0.1, 0.15) is 11.4 Å². The number of ether oxygens (including phenoxy) is 2. The van der Waals surface area contributed by atoms with Crippen molar-refractivity contribution in [3.8, 4) is 5.75 Å². The van der Waals surface area contributed by atoms with Gasteiger partial charge in [-0.25, -0.2) is 0 Å². The summed E-state index contributed by atoms with van der Waals surface area (Å²) in [7, 11) is 0. The number of nitrogens with zero attached hydrogens (tertiary/aromatic N) is 4. The molecule has 0 unspecified atom stereocenters. The molecule has 2 fully saturated rings. The first-order chi connectivity index (χ1) is 17.0. The molecule has 35 heavy (non-hydrogen) atoms. The summed E-state index contributed by atoms with van der Waals surface area (Å²) in [5.41, 5.74) is 2.94. The highest BCUT2D eigenvalue weighted by atomic mass is 16.6. The smallest absolute Gasteiger partial charge is 0.292 e. The minimum Gasteiger partial charge on any atom is -0.484 e. The molecule has 2 aliphatic rings. The molecule has 0 bridgehead atoms. The lowest BCUT2D eigenvalue weighted by Gasteiger charge is -2.36. The highest BCUT2D eigenvalue weighted by molar-refractivity contribution is 5.78. The zero-order chi connectivity index (χ0) is 24.8. The van der Waals surface area contributed by atoms with Gasteiger partial charge in [-0.05, 0) is 42.2 Å². The number of piperazine rings is 1. The molecule has 2 aliphatic heterocycles. The predicted molar refractivity (Wildman–Crippen MR) is 136 cm³/mol. The number of benzene rings is 2. The summed E-state index contributed by atoms with van der Waals surface area (Å²) in [6.45, 7) is 9.25. The van der Waals surface area contributed by atoms with E-state index in [0.29, 0.717) is 69.8 Å². The van der Waals surface area contributed by atoms with Crippen LogP contribution in [0.1, 0.15) is 31.7 Å². The van der Waals surface area contributed by atoms with E-state index in [1.807, 2.05) is 28.0 Å². The Balaban J connectivity index is 1.32. The minimum absolute atomic E-state index is 0.0153. The summed E-state index contributed by atoms with van der Waals surface area (Å²) in [6, 6.07) is 13.2. The van der Waals surface area contributed by atoms with E-state index < -0.39 is 0 Å². The maximum atomic E-state index is 12.7. The lowest BCUT2D eigenvalue weighted by atomic mass is 9.99. The molecule has 2 saturated heterocycles. The molecule has 4 rings (SSSR count). The fourth-order valence-electron chi connectivity index (χ4n) is 4.50. The van der Waals surface area contributed by atoms with Gasteiger partial charge in [0.15, 0.2) is 6.61 Å². The Morgan fingerprint density at radius 2 is 1.71 bits per heavy atom. The third-order valence-corrected chi connectivity index (χ3v) is 6.93. The highest BCUT2D eigenvalue weighted by Crippen LogP contribution is 2.33. The first-order valence-electron chi connectivity index (χ1n) is 12.3. The number of hydrogen-bond acceptors (Lipinski definition) is 7. The minimum atomic E-state index is -0.330. The summed E-state index contributed by atoms with van der Waals surface area (Å²) in [4.78, 5) is 29.9. The highest BCUT2D eigenvalue weighted by Gasteiger charge is 2.26. The van der Waals surface area contributed by atoms with E-state index in [-0.39, 0.29) is 23.1 Å². The molecule has 2 aromatic rings. The third-order valence-electron chi connectivity index (χ3n) is 6.93. The SMILES string of the molecule is CC[C@H](C)c1ccc(OCC(=O)N2CCN(c3ccc([N+](=O)[O-])c(N4CCOCC4)c3)CC2)cc1. The molecule has 188 valence electrons. The van der Waals surface area contributed by atoms with Crippen molar-refractivity contribution in [2.24, 2.45) is 0 Å². The molecule has 1 amide bonds. The Kier molecular flexibility index (Phi) is 8.07. The second-order valence-corrected chi connectivity index (χ2v) is 9.06. The summed E-state index contributed by atoms with van der Waals surface area (Å²) in [5, 5.41) is 11.6. The summed E-state index contributed by atoms with van der Waals surface area (Å²) < 4.78 is 11.1. The zero-order valence-electron chi connectivity index (χ0n) is 20.5. The number of amides is 1. The van der Waals surface area contributed by atoms with Crippen molar-refractivity contribution in [2.75, 3.05) is 68.9 Å². The lowest BCUT2D eigenvalue weighted by molar-refractivity contribution is -0.384. The van der Waals surface area contributed by atoms with Crippen LogP contribution < -0.4 is 14.5 Å². The van der Waals surface area contributed by atoms with Gasteiger partial charge in [-0.3, -0.25) is 14.9 Å². The molecular formula is C26H34N4O5. The molecular weight excluding hydrogens is 448 g/mol. The van der Waals surface area contributed by atoms with Crippen LogP contribution in [0.4, 0.5) is 17.1 Å². The number of hydrogen-bond donors (Lipinski definition) is 0. The van der Waals surface area contributed by atoms with Crippen LogP contribution in [-0.4, -0.2) is 74.8 Å². The van der Waals surface area contributed by atoms with Gasteiger partial charge < -0.3 is 24.2 Å². The average molecular weight is 483 g/mol. The molecule has 2 aromatic carbocycles. The maximum Gasteiger partial charge on any atom is 0.292 e. The molecule has 9 heteroatoms. The Morgan fingerprint density at radius 1 is 1.03 bits per heavy atom. The van der Waals surface area contributed by atoms with Crippen molar-refractivity contribution in [2.45, 2.75) is 26.2 Å². The van der Waals surface area contributed by atoms with Crippen LogP contribution >= 0.6 is 0 Å². The molecule has 0 radical (unpaired) electrons. The Morgan fingerprint density at radius 3 is 2.34 bits per heavy atom. The van der Waals surface area contributed by atoms with Gasteiger partial charge in [-0.1, -0.05) is 26.0 Å². The monoisotopic (exact) mass is 482 g/mol. The van der Waals surface area contributed by atoms with Gasteiger partial charge in [0.05, 0.1) is 18.1 Å². The molecule has 0 spiro atoms. The van der Waals surface area contributed by atoms with Gasteiger partial charge in [0.25, 0.3) is 11.6 Å². The van der Waals surface area contributed by atoms with Gasteiger partial charge in [0.2, 0.25) is 0 Å². The maximum absolute atomic E-state index is 12.7. The van der Waals surface area contributed by atoms with Crippen molar-refractivity contribution in [3.05, 3.63) is 58.1 Å². The Bertz CT molecular complexity index is 1010. The van der Waals surface area contributed by atoms with E-state index >= 15 is 0 Å². The van der Waals surface area contributed by atoms with Gasteiger partial charge in [-0.2, -0.15) is 0 Å². The molecule has 0 aromatic heterocycles. The number of carbonyl (C=O) groups is 1. The van der Waals surface area contributed by atoms with Crippen LogP contribution in [0.25, 0.3) is 0 Å². The van der Waals surface area contributed by atoms with Crippen LogP contribution in [-0.2, 0) is 9.53 Å². The normalized spacial score (nSPS) is 17.3. The van der Waals surface area contributed by atoms with Crippen molar-refractivity contribution in [1.82, 2.24) is 4.90 Å². The summed E-state index contributed by atoms with van der Waals surface area (Å²) in [5.74, 6) is 1.17. The van der Waals surface area contributed by atoms with Gasteiger partial charge >= 0.3 is 0 Å². The second-order valence-electron chi connectivity index (χ2n) is 9.06. The fraction of sp³-hybridized carbons (Fsp3) is 0.500. The van der Waals surface area contributed by atoms with Gasteiger partial charge in [0, 0.05) is 51.0 Å². The molecule has 0 saturated carbocycles. The van der Waals surface area contributed by atoms with E-state index in [1.165, 1.54) is 5.56 Å². The third kappa shape index (κ3) is 6.03. The standard InChI is InChI=1S/C26H34N4O5/c1-3-20(2)21-4-7-23(8-5-21)35-19-26(31)29-12-10-27(11-13-29)22-6-9-24(30(32)33)25(18-22)28-14-16-34-17-15-28/h4-9,18,20H,3,10-17,19H2,1-2H3/t20-/m0/s1. The average Bonchev–Trinajstić information content (AvgIpc) is 2.91. The molecule has 2 heterocycles. The number of nitro benzene ring substituents is 1. The molecule has 1 atom stereocenters. The predicted octanol–water partition coefficient (Wildman–Crippen LogP) is 3.67. The van der Waals surface area contributed by atoms with E-state index in [1.54, 1.807) is 12.1 Å². The van der Waals surface area contributed by atoms with Crippen LogP contribution in [0.5, 0.6) is 5.75 Å². The Labute approximate surface area is 206 Å². The number of rotatable bonds is 8. The van der Waals surface area contributed by atoms with Crippen molar-refractivity contribution in [1.29, 1.82) is 0 Å². The van der Waals surface area contributed by atoms with Crippen LogP contribution in [0, 0.1) is 10.1 Å². The summed E-state index contributed by atoms with van der Waals surface area (Å²) in [6.07, 6.45) is 1.08. The lowest BCUT2D eigenvalue weighted by Crippen LogP contribution is -2.50. The largest absolute Gasteiger partial charge is 0.484 e.